The molecule has 29 heavy (non-hydrogen) atoms. The van der Waals surface area contributed by atoms with Crippen LogP contribution in [0.4, 0.5) is 5.69 Å². The zero-order valence-corrected chi connectivity index (χ0v) is 18.1. The highest BCUT2D eigenvalue weighted by Gasteiger charge is 2.27. The van der Waals surface area contributed by atoms with Gasteiger partial charge in [-0.2, -0.15) is 0 Å². The number of anilines is 1. The number of nitrogens with zero attached hydrogens (tertiary/aromatic N) is 2. The van der Waals surface area contributed by atoms with Gasteiger partial charge < -0.3 is 19.7 Å². The van der Waals surface area contributed by atoms with E-state index in [0.29, 0.717) is 0 Å². The average molecular weight is 412 g/mol. The largest absolute Gasteiger partial charge is 0.493 e. The average Bonchev–Trinajstić information content (AvgIpc) is 3.06. The number of pyridine rings is 1. The van der Waals surface area contributed by atoms with Gasteiger partial charge in [-0.3, -0.25) is 0 Å². The van der Waals surface area contributed by atoms with Crippen molar-refractivity contribution in [1.82, 2.24) is 9.88 Å². The molecule has 1 aliphatic rings. The molecule has 0 saturated heterocycles. The third kappa shape index (κ3) is 3.72. The quantitative estimate of drug-likeness (QED) is 0.441. The van der Waals surface area contributed by atoms with Gasteiger partial charge in [0, 0.05) is 40.2 Å². The van der Waals surface area contributed by atoms with Crippen LogP contribution in [0.3, 0.4) is 0 Å². The molecule has 0 unspecified atom stereocenters. The van der Waals surface area contributed by atoms with Crippen LogP contribution in [0.5, 0.6) is 11.5 Å². The van der Waals surface area contributed by atoms with Crippen molar-refractivity contribution in [2.75, 3.05) is 46.7 Å². The molecule has 0 fully saturated rings. The van der Waals surface area contributed by atoms with Crippen LogP contribution >= 0.6 is 11.6 Å². The molecule has 1 aliphatic carbocycles. The number of methoxy groups -OCH3 is 2. The van der Waals surface area contributed by atoms with E-state index in [1.165, 1.54) is 11.1 Å². The second kappa shape index (κ2) is 8.09. The Morgan fingerprint density at radius 1 is 1.10 bits per heavy atom. The Morgan fingerprint density at radius 3 is 2.59 bits per heavy atom. The van der Waals surface area contributed by atoms with Gasteiger partial charge in [-0.15, -0.1) is 0 Å². The fourth-order valence-corrected chi connectivity index (χ4v) is 4.13. The smallest absolute Gasteiger partial charge is 0.161 e. The molecule has 1 heterocycles. The number of nitrogens with one attached hydrogen (secondary N) is 1. The molecule has 3 aromatic rings. The minimum atomic E-state index is 0.717. The van der Waals surface area contributed by atoms with Crippen LogP contribution < -0.4 is 14.8 Å². The van der Waals surface area contributed by atoms with Crippen LogP contribution in [0.15, 0.2) is 30.3 Å². The van der Waals surface area contributed by atoms with Gasteiger partial charge in [0.05, 0.1) is 25.4 Å². The first-order chi connectivity index (χ1) is 14.0. The summed E-state index contributed by atoms with van der Waals surface area (Å²) in [6.45, 7) is 1.92. The van der Waals surface area contributed by atoms with Crippen molar-refractivity contribution in [2.24, 2.45) is 0 Å². The Kier molecular flexibility index (Phi) is 5.52. The third-order valence-corrected chi connectivity index (χ3v) is 5.60. The van der Waals surface area contributed by atoms with E-state index < -0.39 is 0 Å². The van der Waals surface area contributed by atoms with Gasteiger partial charge in [-0.05, 0) is 63.0 Å². The molecule has 0 radical (unpaired) electrons. The lowest BCUT2D eigenvalue weighted by molar-refractivity contribution is 0.355. The molecule has 0 aliphatic heterocycles. The van der Waals surface area contributed by atoms with Crippen LogP contribution in [-0.4, -0.2) is 51.3 Å². The topological polar surface area (TPSA) is 46.6 Å². The Labute approximate surface area is 176 Å². The summed E-state index contributed by atoms with van der Waals surface area (Å²) >= 11 is 6.32. The number of rotatable bonds is 7. The van der Waals surface area contributed by atoms with Crippen LogP contribution in [0.1, 0.15) is 17.5 Å². The third-order valence-electron chi connectivity index (χ3n) is 5.36. The van der Waals surface area contributed by atoms with Gasteiger partial charge >= 0.3 is 0 Å². The normalized spacial score (nSPS) is 12.2. The lowest BCUT2D eigenvalue weighted by Gasteiger charge is -2.16. The lowest BCUT2D eigenvalue weighted by Crippen LogP contribution is -2.17. The van der Waals surface area contributed by atoms with Crippen molar-refractivity contribution < 1.29 is 9.47 Å². The van der Waals surface area contributed by atoms with E-state index in [4.69, 9.17) is 26.1 Å². The van der Waals surface area contributed by atoms with Crippen molar-refractivity contribution >= 4 is 28.2 Å². The van der Waals surface area contributed by atoms with E-state index in [2.05, 4.69) is 30.4 Å². The molecule has 1 N–H and O–H groups in total. The lowest BCUT2D eigenvalue weighted by atomic mass is 10.1. The first-order valence-corrected chi connectivity index (χ1v) is 10.2. The Balaban J connectivity index is 1.82. The van der Waals surface area contributed by atoms with E-state index in [9.17, 15) is 0 Å². The van der Waals surface area contributed by atoms with Crippen LogP contribution in [0.2, 0.25) is 5.02 Å². The second-order valence-electron chi connectivity index (χ2n) is 7.60. The maximum atomic E-state index is 6.32. The zero-order valence-electron chi connectivity index (χ0n) is 17.3. The number of ether oxygens (including phenoxy) is 2. The van der Waals surface area contributed by atoms with Crippen molar-refractivity contribution in [3.05, 3.63) is 46.5 Å². The Bertz CT molecular complexity index is 1070. The molecule has 152 valence electrons. The molecule has 4 rings (SSSR count). The Hall–Kier alpha value is -2.50. The van der Waals surface area contributed by atoms with Crippen molar-refractivity contribution in [2.45, 2.75) is 12.8 Å². The van der Waals surface area contributed by atoms with E-state index >= 15 is 0 Å². The number of hydrogen-bond donors (Lipinski definition) is 1. The molecule has 0 spiro atoms. The summed E-state index contributed by atoms with van der Waals surface area (Å²) in [7, 11) is 7.51. The summed E-state index contributed by atoms with van der Waals surface area (Å²) in [5, 5.41) is 5.45. The highest BCUT2D eigenvalue weighted by atomic mass is 35.5. The monoisotopic (exact) mass is 411 g/mol. The van der Waals surface area contributed by atoms with Gasteiger partial charge in [-0.1, -0.05) is 11.6 Å². The van der Waals surface area contributed by atoms with Gasteiger partial charge in [-0.25, -0.2) is 4.98 Å². The highest BCUT2D eigenvalue weighted by Crippen LogP contribution is 2.46. The van der Waals surface area contributed by atoms with E-state index in [0.717, 1.165) is 70.3 Å². The number of fused-ring (bicyclic) bond motifs is 4. The maximum absolute atomic E-state index is 6.32. The molecule has 0 saturated carbocycles. The first kappa shape index (κ1) is 19.8. The fraction of sp³-hybridized carbons (Fsp3) is 0.348. The SMILES string of the molecule is COc1cc2c(cc1OC)-c1nc3ccc(Cl)cc3c(NCCCN(C)C)c1C2. The molecule has 5 nitrogen and oxygen atoms in total. The van der Waals surface area contributed by atoms with Crippen LogP contribution in [-0.2, 0) is 6.42 Å². The van der Waals surface area contributed by atoms with E-state index in [-0.39, 0.29) is 0 Å². The molecule has 6 heteroatoms. The summed E-state index contributed by atoms with van der Waals surface area (Å²) < 4.78 is 11.0. The maximum Gasteiger partial charge on any atom is 0.161 e. The molecule has 2 aromatic carbocycles. The zero-order chi connectivity index (χ0) is 20.5. The molecular formula is C23H26ClN3O2. The number of benzene rings is 2. The number of aromatic nitrogens is 1. The van der Waals surface area contributed by atoms with E-state index in [1.54, 1.807) is 14.2 Å². The summed E-state index contributed by atoms with van der Waals surface area (Å²) in [5.74, 6) is 1.46. The van der Waals surface area contributed by atoms with Crippen molar-refractivity contribution in [3.8, 4) is 22.8 Å². The fourth-order valence-electron chi connectivity index (χ4n) is 3.96. The van der Waals surface area contributed by atoms with Gasteiger partial charge in [0.25, 0.3) is 0 Å². The number of hydrogen-bond acceptors (Lipinski definition) is 5. The van der Waals surface area contributed by atoms with Gasteiger partial charge in [0.2, 0.25) is 0 Å². The first-order valence-electron chi connectivity index (χ1n) is 9.77. The summed E-state index contributed by atoms with van der Waals surface area (Å²) in [4.78, 5) is 7.18. The van der Waals surface area contributed by atoms with E-state index in [1.807, 2.05) is 24.3 Å². The van der Waals surface area contributed by atoms with Crippen molar-refractivity contribution in [1.29, 1.82) is 0 Å². The van der Waals surface area contributed by atoms with Crippen LogP contribution in [0.25, 0.3) is 22.2 Å². The molecule has 0 atom stereocenters. The van der Waals surface area contributed by atoms with Gasteiger partial charge in [0.15, 0.2) is 11.5 Å². The minimum absolute atomic E-state index is 0.717. The predicted octanol–water partition coefficient (Wildman–Crippen LogP) is 4.84. The number of halogens is 1. The highest BCUT2D eigenvalue weighted by molar-refractivity contribution is 6.31. The molecule has 0 amide bonds. The standard InChI is InChI=1S/C23H26ClN3O2/c1-27(2)9-5-8-25-22-17-12-15(24)6-7-19(17)26-23-16-13-21(29-4)20(28-3)11-14(16)10-18(22)23/h6-7,11-13H,5,8-10H2,1-4H3,(H,25,26). The second-order valence-corrected chi connectivity index (χ2v) is 8.04. The minimum Gasteiger partial charge on any atom is -0.493 e. The van der Waals surface area contributed by atoms with Gasteiger partial charge in [0.1, 0.15) is 0 Å². The molecular weight excluding hydrogens is 386 g/mol. The summed E-state index contributed by atoms with van der Waals surface area (Å²) in [6.07, 6.45) is 1.86. The molecule has 0 bridgehead atoms. The molecule has 1 aromatic heterocycles. The Morgan fingerprint density at radius 2 is 1.86 bits per heavy atom. The predicted molar refractivity (Wildman–Crippen MR) is 120 cm³/mol. The summed E-state index contributed by atoms with van der Waals surface area (Å²) in [5.41, 5.74) is 6.57. The summed E-state index contributed by atoms with van der Waals surface area (Å²) in [6, 6.07) is 9.97. The van der Waals surface area contributed by atoms with Crippen molar-refractivity contribution in [3.63, 3.8) is 0 Å². The van der Waals surface area contributed by atoms with Crippen LogP contribution in [0, 0.1) is 0 Å².